The van der Waals surface area contributed by atoms with Crippen LogP contribution in [0.15, 0.2) is 40.1 Å². The molecule has 0 spiro atoms. The van der Waals surface area contributed by atoms with Crippen LogP contribution in [0.4, 0.5) is 4.39 Å². The molecule has 0 aliphatic heterocycles. The number of amides is 1. The Labute approximate surface area is 124 Å². The van der Waals surface area contributed by atoms with Crippen LogP contribution in [0.1, 0.15) is 16.8 Å². The summed E-state index contributed by atoms with van der Waals surface area (Å²) in [5, 5.41) is 8.85. The molecule has 1 amide bonds. The van der Waals surface area contributed by atoms with Gasteiger partial charge in [0.1, 0.15) is 11.4 Å². The summed E-state index contributed by atoms with van der Waals surface area (Å²) < 4.78 is 14.8. The van der Waals surface area contributed by atoms with E-state index < -0.39 is 23.0 Å². The Balaban J connectivity index is 2.72. The van der Waals surface area contributed by atoms with Gasteiger partial charge < -0.3 is 10.8 Å². The number of carbonyl (C=O) groups excluding carboxylic acids is 1. The number of hydrogen-bond acceptors (Lipinski definition) is 4. The maximum atomic E-state index is 13.0. The molecule has 0 aliphatic carbocycles. The highest BCUT2D eigenvalue weighted by Gasteiger charge is 2.16. The fraction of sp³-hybridized carbons (Fsp3) is 0.214. The van der Waals surface area contributed by atoms with Crippen molar-refractivity contribution in [3.05, 3.63) is 62.7 Å². The standard InChI is InChI=1S/C14H14FN3O4/c15-9-2-4-10(5-3-9)18-13(21)11(12(16)20)8-17(14(18)22)6-1-7-19/h2-5,8,19H,1,6-7H2,(H2,16,20). The van der Waals surface area contributed by atoms with Gasteiger partial charge in [0.15, 0.2) is 0 Å². The smallest absolute Gasteiger partial charge is 0.335 e. The second-order valence-corrected chi connectivity index (χ2v) is 4.58. The van der Waals surface area contributed by atoms with E-state index in [1.54, 1.807) is 0 Å². The molecular weight excluding hydrogens is 293 g/mol. The Hall–Kier alpha value is -2.74. The van der Waals surface area contributed by atoms with Gasteiger partial charge in [-0.1, -0.05) is 0 Å². The highest BCUT2D eigenvalue weighted by molar-refractivity contribution is 5.92. The molecule has 0 unspecified atom stereocenters. The summed E-state index contributed by atoms with van der Waals surface area (Å²) in [6.07, 6.45) is 1.34. The van der Waals surface area contributed by atoms with Crippen LogP contribution in [0.5, 0.6) is 0 Å². The van der Waals surface area contributed by atoms with Crippen molar-refractivity contribution in [2.75, 3.05) is 6.61 Å². The van der Waals surface area contributed by atoms with Crippen LogP contribution in [0.25, 0.3) is 5.69 Å². The zero-order chi connectivity index (χ0) is 16.3. The SMILES string of the molecule is NC(=O)c1cn(CCCO)c(=O)n(-c2ccc(F)cc2)c1=O. The van der Waals surface area contributed by atoms with Crippen LogP contribution in [-0.4, -0.2) is 26.8 Å². The molecule has 0 saturated carbocycles. The summed E-state index contributed by atoms with van der Waals surface area (Å²) in [7, 11) is 0. The van der Waals surface area contributed by atoms with Gasteiger partial charge in [-0.25, -0.2) is 13.8 Å². The summed E-state index contributed by atoms with van der Waals surface area (Å²) in [6, 6.07) is 4.69. The summed E-state index contributed by atoms with van der Waals surface area (Å²) in [5.41, 5.74) is 3.35. The molecule has 0 aliphatic rings. The molecule has 1 heterocycles. The Morgan fingerprint density at radius 2 is 1.86 bits per heavy atom. The van der Waals surface area contributed by atoms with Crippen molar-refractivity contribution >= 4 is 5.91 Å². The number of rotatable bonds is 5. The molecule has 2 aromatic rings. The fourth-order valence-electron chi connectivity index (χ4n) is 1.99. The normalized spacial score (nSPS) is 10.6. The zero-order valence-electron chi connectivity index (χ0n) is 11.5. The lowest BCUT2D eigenvalue weighted by Crippen LogP contribution is -2.42. The van der Waals surface area contributed by atoms with Crippen LogP contribution in [0, 0.1) is 5.82 Å². The van der Waals surface area contributed by atoms with Crippen LogP contribution in [-0.2, 0) is 6.54 Å². The van der Waals surface area contributed by atoms with Crippen molar-refractivity contribution in [1.29, 1.82) is 0 Å². The molecular formula is C14H14FN3O4. The number of carbonyl (C=O) groups is 1. The molecule has 1 aromatic carbocycles. The highest BCUT2D eigenvalue weighted by Crippen LogP contribution is 2.05. The van der Waals surface area contributed by atoms with Gasteiger partial charge in [0, 0.05) is 19.3 Å². The third-order valence-corrected chi connectivity index (χ3v) is 3.06. The lowest BCUT2D eigenvalue weighted by molar-refractivity contribution is 0.0997. The minimum absolute atomic E-state index is 0.108. The lowest BCUT2D eigenvalue weighted by Gasteiger charge is -2.11. The van der Waals surface area contributed by atoms with E-state index in [-0.39, 0.29) is 30.8 Å². The van der Waals surface area contributed by atoms with Crippen molar-refractivity contribution < 1.29 is 14.3 Å². The van der Waals surface area contributed by atoms with E-state index in [0.29, 0.717) is 0 Å². The topological polar surface area (TPSA) is 107 Å². The van der Waals surface area contributed by atoms with Crippen LogP contribution in [0.2, 0.25) is 0 Å². The Bertz CT molecular complexity index is 808. The molecule has 22 heavy (non-hydrogen) atoms. The molecule has 116 valence electrons. The number of nitrogens with two attached hydrogens (primary N) is 1. The molecule has 0 bridgehead atoms. The Morgan fingerprint density at radius 1 is 1.23 bits per heavy atom. The van der Waals surface area contributed by atoms with Gasteiger partial charge in [-0.05, 0) is 30.7 Å². The number of benzene rings is 1. The highest BCUT2D eigenvalue weighted by atomic mass is 19.1. The third-order valence-electron chi connectivity index (χ3n) is 3.06. The average Bonchev–Trinajstić information content (AvgIpc) is 2.48. The van der Waals surface area contributed by atoms with E-state index in [1.807, 2.05) is 0 Å². The van der Waals surface area contributed by atoms with Crippen LogP contribution >= 0.6 is 0 Å². The summed E-state index contributed by atoms with van der Waals surface area (Å²) in [5.74, 6) is -1.50. The molecule has 0 saturated heterocycles. The van der Waals surface area contributed by atoms with Crippen molar-refractivity contribution in [3.63, 3.8) is 0 Å². The van der Waals surface area contributed by atoms with E-state index in [4.69, 9.17) is 10.8 Å². The minimum Gasteiger partial charge on any atom is -0.396 e. The summed E-state index contributed by atoms with van der Waals surface area (Å²) >= 11 is 0. The second-order valence-electron chi connectivity index (χ2n) is 4.58. The van der Waals surface area contributed by atoms with Gasteiger partial charge in [-0.2, -0.15) is 0 Å². The lowest BCUT2D eigenvalue weighted by atomic mass is 10.2. The van der Waals surface area contributed by atoms with Crippen LogP contribution in [0.3, 0.4) is 0 Å². The molecule has 8 heteroatoms. The third kappa shape index (κ3) is 2.96. The monoisotopic (exact) mass is 307 g/mol. The first-order chi connectivity index (χ1) is 10.5. The number of aryl methyl sites for hydroxylation is 1. The first-order valence-electron chi connectivity index (χ1n) is 6.49. The molecule has 0 fully saturated rings. The molecule has 0 atom stereocenters. The Morgan fingerprint density at radius 3 is 2.41 bits per heavy atom. The van der Waals surface area contributed by atoms with E-state index >= 15 is 0 Å². The van der Waals surface area contributed by atoms with Gasteiger partial charge in [0.05, 0.1) is 5.69 Å². The number of aliphatic hydroxyl groups excluding tert-OH is 1. The maximum Gasteiger partial charge on any atom is 0.335 e. The van der Waals surface area contributed by atoms with Crippen molar-refractivity contribution in [2.45, 2.75) is 13.0 Å². The second kappa shape index (κ2) is 6.35. The number of aliphatic hydroxyl groups is 1. The van der Waals surface area contributed by atoms with Gasteiger partial charge in [-0.3, -0.25) is 14.2 Å². The first-order valence-corrected chi connectivity index (χ1v) is 6.49. The van der Waals surface area contributed by atoms with Crippen LogP contribution < -0.4 is 17.0 Å². The molecule has 0 radical (unpaired) electrons. The summed E-state index contributed by atoms with van der Waals surface area (Å²) in [4.78, 5) is 36.0. The summed E-state index contributed by atoms with van der Waals surface area (Å²) in [6.45, 7) is -0.0505. The van der Waals surface area contributed by atoms with Gasteiger partial charge in [-0.15, -0.1) is 0 Å². The van der Waals surface area contributed by atoms with E-state index in [1.165, 1.54) is 12.1 Å². The predicted octanol–water partition coefficient (Wildman–Crippen LogP) is -0.380. The quantitative estimate of drug-likeness (QED) is 0.785. The van der Waals surface area contributed by atoms with Gasteiger partial charge >= 0.3 is 5.69 Å². The van der Waals surface area contributed by atoms with Gasteiger partial charge in [0.25, 0.3) is 11.5 Å². The van der Waals surface area contributed by atoms with E-state index in [0.717, 1.165) is 27.5 Å². The van der Waals surface area contributed by atoms with E-state index in [2.05, 4.69) is 0 Å². The fourth-order valence-corrected chi connectivity index (χ4v) is 1.99. The molecule has 2 rings (SSSR count). The number of primary amides is 1. The predicted molar refractivity (Wildman–Crippen MR) is 76.5 cm³/mol. The molecule has 1 aromatic heterocycles. The van der Waals surface area contributed by atoms with Crippen molar-refractivity contribution in [3.8, 4) is 5.69 Å². The van der Waals surface area contributed by atoms with Crippen molar-refractivity contribution in [2.24, 2.45) is 5.73 Å². The minimum atomic E-state index is -0.974. The number of aromatic nitrogens is 2. The average molecular weight is 307 g/mol. The van der Waals surface area contributed by atoms with Crippen molar-refractivity contribution in [1.82, 2.24) is 9.13 Å². The first kappa shape index (κ1) is 15.6. The Kier molecular flexibility index (Phi) is 4.52. The number of nitrogens with zero attached hydrogens (tertiary/aromatic N) is 2. The number of halogens is 1. The zero-order valence-corrected chi connectivity index (χ0v) is 11.5. The number of hydrogen-bond donors (Lipinski definition) is 2. The molecule has 3 N–H and O–H groups in total. The van der Waals surface area contributed by atoms with Gasteiger partial charge in [0.2, 0.25) is 0 Å². The molecule has 7 nitrogen and oxygen atoms in total. The van der Waals surface area contributed by atoms with E-state index in [9.17, 15) is 18.8 Å². The maximum absolute atomic E-state index is 13.0. The largest absolute Gasteiger partial charge is 0.396 e.